The second kappa shape index (κ2) is 5.91. The molecule has 22 heavy (non-hydrogen) atoms. The third kappa shape index (κ3) is 2.80. The van der Waals surface area contributed by atoms with Crippen molar-refractivity contribution in [3.63, 3.8) is 0 Å². The average Bonchev–Trinajstić information content (AvgIpc) is 2.90. The third-order valence-corrected chi connectivity index (χ3v) is 5.53. The number of ether oxygens (including phenoxy) is 2. The molecule has 4 nitrogen and oxygen atoms in total. The summed E-state index contributed by atoms with van der Waals surface area (Å²) in [7, 11) is 0. The lowest BCUT2D eigenvalue weighted by atomic mass is 9.78. The molecule has 1 aromatic carbocycles. The Hall–Kier alpha value is -0.970. The van der Waals surface area contributed by atoms with E-state index in [9.17, 15) is 0 Å². The molecule has 0 bridgehead atoms. The minimum Gasteiger partial charge on any atom is -0.486 e. The molecule has 0 aromatic heterocycles. The van der Waals surface area contributed by atoms with Gasteiger partial charge >= 0.3 is 0 Å². The standard InChI is InChI=1S/C17H23ClN2O2/c18-14-9-13(10-15-16(14)22-8-7-21-15)11-20-6-3-17(12-20)1-4-19-5-2-17/h9-10,19H,1-8,11-12H2. The molecule has 5 heteroatoms. The predicted molar refractivity (Wildman–Crippen MR) is 86.9 cm³/mol. The SMILES string of the molecule is Clc1cc(CN2CCC3(CCNCC3)C2)cc2c1OCCO2. The molecule has 0 unspecified atom stereocenters. The summed E-state index contributed by atoms with van der Waals surface area (Å²) in [5, 5.41) is 4.15. The number of fused-ring (bicyclic) bond motifs is 1. The molecule has 0 saturated carbocycles. The highest BCUT2D eigenvalue weighted by atomic mass is 35.5. The highest BCUT2D eigenvalue weighted by Crippen LogP contribution is 2.41. The van der Waals surface area contributed by atoms with Crippen LogP contribution < -0.4 is 14.8 Å². The zero-order chi connectivity index (χ0) is 15.0. The van der Waals surface area contributed by atoms with E-state index in [1.165, 1.54) is 51.0 Å². The van der Waals surface area contributed by atoms with Gasteiger partial charge in [0.2, 0.25) is 0 Å². The highest BCUT2D eigenvalue weighted by Gasteiger charge is 2.38. The van der Waals surface area contributed by atoms with Crippen LogP contribution in [0.25, 0.3) is 0 Å². The predicted octanol–water partition coefficient (Wildman–Crippen LogP) is 2.69. The summed E-state index contributed by atoms with van der Waals surface area (Å²) >= 11 is 6.34. The van der Waals surface area contributed by atoms with Gasteiger partial charge in [-0.05, 0) is 62.0 Å². The van der Waals surface area contributed by atoms with Crippen molar-refractivity contribution in [3.8, 4) is 11.5 Å². The van der Waals surface area contributed by atoms with E-state index >= 15 is 0 Å². The fourth-order valence-corrected chi connectivity index (χ4v) is 4.33. The Labute approximate surface area is 136 Å². The van der Waals surface area contributed by atoms with Crippen molar-refractivity contribution in [1.29, 1.82) is 0 Å². The number of nitrogens with one attached hydrogen (secondary N) is 1. The molecular formula is C17H23ClN2O2. The summed E-state index contributed by atoms with van der Waals surface area (Å²) < 4.78 is 11.3. The van der Waals surface area contributed by atoms with Crippen molar-refractivity contribution in [3.05, 3.63) is 22.7 Å². The maximum Gasteiger partial charge on any atom is 0.179 e. The number of benzene rings is 1. The molecule has 0 radical (unpaired) electrons. The number of nitrogens with zero attached hydrogens (tertiary/aromatic N) is 1. The molecule has 3 aliphatic heterocycles. The fourth-order valence-electron chi connectivity index (χ4n) is 4.04. The molecule has 3 aliphatic rings. The summed E-state index contributed by atoms with van der Waals surface area (Å²) in [4.78, 5) is 2.56. The Balaban J connectivity index is 1.46. The van der Waals surface area contributed by atoms with Crippen LogP contribution in [0.5, 0.6) is 11.5 Å². The molecule has 120 valence electrons. The van der Waals surface area contributed by atoms with Gasteiger partial charge in [0.25, 0.3) is 0 Å². The highest BCUT2D eigenvalue weighted by molar-refractivity contribution is 6.32. The Kier molecular flexibility index (Phi) is 3.93. The van der Waals surface area contributed by atoms with Crippen molar-refractivity contribution >= 4 is 11.6 Å². The Morgan fingerprint density at radius 1 is 1.14 bits per heavy atom. The van der Waals surface area contributed by atoms with Crippen LogP contribution in [0.1, 0.15) is 24.8 Å². The van der Waals surface area contributed by atoms with Crippen LogP contribution in [-0.2, 0) is 6.54 Å². The number of hydrogen-bond acceptors (Lipinski definition) is 4. The lowest BCUT2D eigenvalue weighted by Gasteiger charge is -2.34. The molecule has 1 spiro atoms. The number of halogens is 1. The second-order valence-corrected chi connectivity index (χ2v) is 7.22. The smallest absolute Gasteiger partial charge is 0.179 e. The van der Waals surface area contributed by atoms with Crippen LogP contribution >= 0.6 is 11.6 Å². The zero-order valence-electron chi connectivity index (χ0n) is 12.9. The molecule has 0 amide bonds. The van der Waals surface area contributed by atoms with Gasteiger partial charge in [-0.25, -0.2) is 0 Å². The van der Waals surface area contributed by atoms with Gasteiger partial charge in [-0.15, -0.1) is 0 Å². The summed E-state index contributed by atoms with van der Waals surface area (Å²) in [6.07, 6.45) is 3.95. The topological polar surface area (TPSA) is 33.7 Å². The van der Waals surface area contributed by atoms with Crippen LogP contribution in [0.15, 0.2) is 12.1 Å². The maximum absolute atomic E-state index is 6.34. The molecule has 3 heterocycles. The van der Waals surface area contributed by atoms with E-state index in [0.717, 1.165) is 12.3 Å². The first-order valence-corrected chi connectivity index (χ1v) is 8.63. The van der Waals surface area contributed by atoms with Gasteiger partial charge in [0.15, 0.2) is 11.5 Å². The minimum absolute atomic E-state index is 0.545. The van der Waals surface area contributed by atoms with Crippen LogP contribution in [0.4, 0.5) is 0 Å². The fraction of sp³-hybridized carbons (Fsp3) is 0.647. The van der Waals surface area contributed by atoms with Crippen molar-refractivity contribution in [1.82, 2.24) is 10.2 Å². The number of likely N-dealkylation sites (tertiary alicyclic amines) is 1. The van der Waals surface area contributed by atoms with E-state index in [4.69, 9.17) is 21.1 Å². The molecular weight excluding hydrogens is 300 g/mol. The van der Waals surface area contributed by atoms with Crippen molar-refractivity contribution in [2.75, 3.05) is 39.4 Å². The van der Waals surface area contributed by atoms with E-state index in [1.807, 2.05) is 6.07 Å². The molecule has 2 fully saturated rings. The quantitative estimate of drug-likeness (QED) is 0.907. The van der Waals surface area contributed by atoms with Gasteiger partial charge in [0, 0.05) is 13.1 Å². The zero-order valence-corrected chi connectivity index (χ0v) is 13.6. The number of rotatable bonds is 2. The largest absolute Gasteiger partial charge is 0.486 e. The van der Waals surface area contributed by atoms with Crippen molar-refractivity contribution in [2.45, 2.75) is 25.8 Å². The first kappa shape index (κ1) is 14.6. The lowest BCUT2D eigenvalue weighted by Crippen LogP contribution is -2.38. The number of piperidine rings is 1. The first-order chi connectivity index (χ1) is 10.7. The summed E-state index contributed by atoms with van der Waals surface area (Å²) in [5.41, 5.74) is 1.77. The normalized spacial score (nSPS) is 23.9. The molecule has 1 aromatic rings. The third-order valence-electron chi connectivity index (χ3n) is 5.24. The summed E-state index contributed by atoms with van der Waals surface area (Å²) in [6.45, 7) is 6.87. The van der Waals surface area contributed by atoms with E-state index in [1.54, 1.807) is 0 Å². The second-order valence-electron chi connectivity index (χ2n) is 6.81. The lowest BCUT2D eigenvalue weighted by molar-refractivity contribution is 0.171. The van der Waals surface area contributed by atoms with E-state index in [-0.39, 0.29) is 0 Å². The molecule has 0 atom stereocenters. The van der Waals surface area contributed by atoms with Gasteiger partial charge in [-0.3, -0.25) is 4.90 Å². The molecule has 1 N–H and O–H groups in total. The van der Waals surface area contributed by atoms with Crippen LogP contribution in [0.2, 0.25) is 5.02 Å². The monoisotopic (exact) mass is 322 g/mol. The van der Waals surface area contributed by atoms with E-state index in [0.29, 0.717) is 29.4 Å². The minimum atomic E-state index is 0.545. The molecule has 2 saturated heterocycles. The van der Waals surface area contributed by atoms with Gasteiger partial charge in [-0.2, -0.15) is 0 Å². The maximum atomic E-state index is 6.34. The summed E-state index contributed by atoms with van der Waals surface area (Å²) in [5.74, 6) is 1.50. The van der Waals surface area contributed by atoms with Gasteiger partial charge in [0.05, 0.1) is 5.02 Å². The number of hydrogen-bond donors (Lipinski definition) is 1. The Morgan fingerprint density at radius 2 is 1.95 bits per heavy atom. The van der Waals surface area contributed by atoms with E-state index in [2.05, 4.69) is 16.3 Å². The van der Waals surface area contributed by atoms with Crippen LogP contribution in [0.3, 0.4) is 0 Å². The average molecular weight is 323 g/mol. The van der Waals surface area contributed by atoms with Crippen LogP contribution in [0, 0.1) is 5.41 Å². The van der Waals surface area contributed by atoms with Gasteiger partial charge < -0.3 is 14.8 Å². The Morgan fingerprint density at radius 3 is 2.82 bits per heavy atom. The first-order valence-electron chi connectivity index (χ1n) is 8.25. The summed E-state index contributed by atoms with van der Waals surface area (Å²) in [6, 6.07) is 4.12. The Bertz CT molecular complexity index is 558. The van der Waals surface area contributed by atoms with Crippen LogP contribution in [-0.4, -0.2) is 44.3 Å². The molecule has 4 rings (SSSR count). The van der Waals surface area contributed by atoms with Gasteiger partial charge in [-0.1, -0.05) is 11.6 Å². The molecule has 0 aliphatic carbocycles. The van der Waals surface area contributed by atoms with Crippen molar-refractivity contribution < 1.29 is 9.47 Å². The van der Waals surface area contributed by atoms with Gasteiger partial charge in [0.1, 0.15) is 13.2 Å². The van der Waals surface area contributed by atoms with E-state index < -0.39 is 0 Å². The van der Waals surface area contributed by atoms with Crippen molar-refractivity contribution in [2.24, 2.45) is 5.41 Å².